The molecule has 11 heteroatoms. The van der Waals surface area contributed by atoms with Crippen LogP contribution in [-0.4, -0.2) is 20.6 Å². The molecular weight excluding hydrogens is 435 g/mol. The fraction of sp³-hybridized carbons (Fsp3) is 0.118. The highest BCUT2D eigenvalue weighted by molar-refractivity contribution is 7.89. The number of para-hydroxylation sites is 1. The van der Waals surface area contributed by atoms with Gasteiger partial charge in [-0.25, -0.2) is 13.1 Å². The van der Waals surface area contributed by atoms with Crippen molar-refractivity contribution in [2.75, 3.05) is 0 Å². The van der Waals surface area contributed by atoms with Gasteiger partial charge in [-0.05, 0) is 35.7 Å². The summed E-state index contributed by atoms with van der Waals surface area (Å²) in [5.74, 6) is -0.986. The normalized spacial score (nSPS) is 12.1. The predicted octanol–water partition coefficient (Wildman–Crippen LogP) is 4.42. The number of hydrogen-bond acceptors (Lipinski definition) is 6. The molecule has 1 aromatic carbocycles. The van der Waals surface area contributed by atoms with E-state index in [-0.39, 0.29) is 12.3 Å². The number of carbonyl (C=O) groups is 1. The van der Waals surface area contributed by atoms with Gasteiger partial charge in [-0.15, -0.1) is 35.8 Å². The minimum absolute atomic E-state index is 0.168. The van der Waals surface area contributed by atoms with E-state index in [2.05, 4.69) is 9.46 Å². The lowest BCUT2D eigenvalue weighted by Crippen LogP contribution is -2.25. The van der Waals surface area contributed by atoms with Crippen LogP contribution >= 0.6 is 22.7 Å². The highest BCUT2D eigenvalue weighted by Gasteiger charge is 2.34. The van der Waals surface area contributed by atoms with E-state index >= 15 is 0 Å². The van der Waals surface area contributed by atoms with E-state index in [1.165, 1.54) is 23.5 Å². The number of ketones is 1. The number of ether oxygens (including phenoxy) is 1. The summed E-state index contributed by atoms with van der Waals surface area (Å²) in [7, 11) is -4.27. The van der Waals surface area contributed by atoms with Gasteiger partial charge in [-0.1, -0.05) is 18.2 Å². The molecule has 2 aromatic heterocycles. The highest BCUT2D eigenvalue weighted by Crippen LogP contribution is 2.29. The van der Waals surface area contributed by atoms with Crippen molar-refractivity contribution in [3.8, 4) is 5.75 Å². The first-order valence-corrected chi connectivity index (χ1v) is 10.8. The molecule has 0 aliphatic carbocycles. The lowest BCUT2D eigenvalue weighted by molar-refractivity contribution is -0.275. The number of rotatable bonds is 7. The number of halogens is 3. The summed E-state index contributed by atoms with van der Waals surface area (Å²) in [6.07, 6.45) is -5.02. The quantitative estimate of drug-likeness (QED) is 0.545. The molecule has 0 radical (unpaired) electrons. The third-order valence-electron chi connectivity index (χ3n) is 3.43. The number of alkyl halides is 3. The molecule has 0 aliphatic rings. The third kappa shape index (κ3) is 4.98. The van der Waals surface area contributed by atoms with Gasteiger partial charge in [0.1, 0.15) is 10.6 Å². The standard InChI is InChI=1S/C17H12F3NO4S3/c18-17(19,20)25-12-4-1-2-6-15(12)28(23,24)21-10-11-7-8-14(27-11)16(22)13-5-3-9-26-13/h1-9,21H,10H2. The van der Waals surface area contributed by atoms with Gasteiger partial charge in [0.25, 0.3) is 0 Å². The average molecular weight is 447 g/mol. The molecule has 148 valence electrons. The van der Waals surface area contributed by atoms with Gasteiger partial charge >= 0.3 is 6.36 Å². The minimum Gasteiger partial charge on any atom is -0.404 e. The maximum absolute atomic E-state index is 12.5. The summed E-state index contributed by atoms with van der Waals surface area (Å²) in [5.41, 5.74) is 0. The molecule has 2 heterocycles. The molecular formula is C17H12F3NO4S3. The van der Waals surface area contributed by atoms with Crippen molar-refractivity contribution in [1.82, 2.24) is 4.72 Å². The van der Waals surface area contributed by atoms with Gasteiger partial charge in [0.2, 0.25) is 15.8 Å². The molecule has 0 unspecified atom stereocenters. The zero-order valence-electron chi connectivity index (χ0n) is 13.9. The molecule has 0 bridgehead atoms. The van der Waals surface area contributed by atoms with Crippen LogP contribution in [-0.2, 0) is 16.6 Å². The van der Waals surface area contributed by atoms with Crippen LogP contribution in [0.4, 0.5) is 13.2 Å². The summed E-state index contributed by atoms with van der Waals surface area (Å²) >= 11 is 2.40. The Balaban J connectivity index is 1.74. The maximum atomic E-state index is 12.5. The SMILES string of the molecule is O=C(c1cccs1)c1ccc(CNS(=O)(=O)c2ccccc2OC(F)(F)F)s1. The molecule has 3 rings (SSSR count). The second-order valence-electron chi connectivity index (χ2n) is 5.39. The Bertz CT molecular complexity index is 1070. The molecule has 3 aromatic rings. The first kappa shape index (κ1) is 20.5. The van der Waals surface area contributed by atoms with Crippen LogP contribution < -0.4 is 9.46 Å². The number of hydrogen-bond donors (Lipinski definition) is 1. The van der Waals surface area contributed by atoms with Crippen molar-refractivity contribution in [3.63, 3.8) is 0 Å². The fourth-order valence-corrected chi connectivity index (χ4v) is 5.12. The van der Waals surface area contributed by atoms with Gasteiger partial charge in [-0.3, -0.25) is 4.79 Å². The van der Waals surface area contributed by atoms with Crippen molar-refractivity contribution in [1.29, 1.82) is 0 Å². The monoisotopic (exact) mass is 447 g/mol. The number of nitrogens with one attached hydrogen (secondary N) is 1. The predicted molar refractivity (Wildman–Crippen MR) is 99.2 cm³/mol. The summed E-state index contributed by atoms with van der Waals surface area (Å²) < 4.78 is 68.3. The van der Waals surface area contributed by atoms with E-state index < -0.39 is 27.0 Å². The highest BCUT2D eigenvalue weighted by atomic mass is 32.2. The fourth-order valence-electron chi connectivity index (χ4n) is 2.25. The van der Waals surface area contributed by atoms with E-state index in [0.29, 0.717) is 14.6 Å². The summed E-state index contributed by atoms with van der Waals surface area (Å²) in [5, 5.41) is 1.77. The van der Waals surface area contributed by atoms with Crippen molar-refractivity contribution in [3.05, 3.63) is 68.5 Å². The van der Waals surface area contributed by atoms with Crippen LogP contribution in [0.2, 0.25) is 0 Å². The Morgan fingerprint density at radius 1 is 1.04 bits per heavy atom. The Morgan fingerprint density at radius 2 is 1.79 bits per heavy atom. The van der Waals surface area contributed by atoms with Crippen LogP contribution in [0.1, 0.15) is 19.4 Å². The van der Waals surface area contributed by atoms with E-state index in [9.17, 15) is 26.4 Å². The summed E-state index contributed by atoms with van der Waals surface area (Å²) in [6.45, 7) is -0.176. The minimum atomic E-state index is -5.02. The van der Waals surface area contributed by atoms with Crippen LogP contribution in [0.5, 0.6) is 5.75 Å². The largest absolute Gasteiger partial charge is 0.573 e. The second kappa shape index (κ2) is 8.03. The smallest absolute Gasteiger partial charge is 0.404 e. The molecule has 0 spiro atoms. The van der Waals surface area contributed by atoms with Gasteiger partial charge in [0.05, 0.1) is 9.75 Å². The Labute approximate surface area is 166 Å². The number of sulfonamides is 1. The molecule has 28 heavy (non-hydrogen) atoms. The first-order chi connectivity index (χ1) is 13.2. The molecule has 1 N–H and O–H groups in total. The molecule has 0 fully saturated rings. The van der Waals surface area contributed by atoms with Crippen LogP contribution in [0.3, 0.4) is 0 Å². The van der Waals surface area contributed by atoms with Crippen molar-refractivity contribution in [2.24, 2.45) is 0 Å². The topological polar surface area (TPSA) is 72.5 Å². The van der Waals surface area contributed by atoms with Crippen molar-refractivity contribution < 1.29 is 31.1 Å². The van der Waals surface area contributed by atoms with Crippen LogP contribution in [0, 0.1) is 0 Å². The second-order valence-corrected chi connectivity index (χ2v) is 9.24. The average Bonchev–Trinajstić information content (AvgIpc) is 3.30. The first-order valence-electron chi connectivity index (χ1n) is 7.67. The van der Waals surface area contributed by atoms with E-state index in [1.807, 2.05) is 0 Å². The van der Waals surface area contributed by atoms with Gasteiger partial charge in [-0.2, -0.15) is 0 Å². The van der Waals surface area contributed by atoms with Crippen LogP contribution in [0.25, 0.3) is 0 Å². The molecule has 5 nitrogen and oxygen atoms in total. The number of carbonyl (C=O) groups excluding carboxylic acids is 1. The van der Waals surface area contributed by atoms with E-state index in [1.54, 1.807) is 29.6 Å². The van der Waals surface area contributed by atoms with Crippen LogP contribution in [0.15, 0.2) is 58.8 Å². The Kier molecular flexibility index (Phi) is 5.89. The summed E-state index contributed by atoms with van der Waals surface area (Å²) in [6, 6.07) is 11.1. The Hall–Kier alpha value is -2.21. The zero-order chi connectivity index (χ0) is 20.4. The third-order valence-corrected chi connectivity index (χ3v) is 6.82. The lowest BCUT2D eigenvalue weighted by atomic mass is 10.3. The molecule has 0 amide bonds. The van der Waals surface area contributed by atoms with Gasteiger partial charge in [0, 0.05) is 11.4 Å². The Morgan fingerprint density at radius 3 is 2.46 bits per heavy atom. The molecule has 0 saturated carbocycles. The molecule has 0 atom stereocenters. The number of benzene rings is 1. The molecule has 0 aliphatic heterocycles. The van der Waals surface area contributed by atoms with E-state index in [4.69, 9.17) is 0 Å². The number of thiophene rings is 2. The lowest BCUT2D eigenvalue weighted by Gasteiger charge is -2.13. The molecule has 0 saturated heterocycles. The van der Waals surface area contributed by atoms with Crippen molar-refractivity contribution in [2.45, 2.75) is 17.8 Å². The van der Waals surface area contributed by atoms with Gasteiger partial charge < -0.3 is 4.74 Å². The summed E-state index contributed by atoms with van der Waals surface area (Å²) in [4.78, 5) is 13.2. The van der Waals surface area contributed by atoms with E-state index in [0.717, 1.165) is 23.5 Å². The van der Waals surface area contributed by atoms with Crippen molar-refractivity contribution >= 4 is 38.5 Å². The maximum Gasteiger partial charge on any atom is 0.573 e. The zero-order valence-corrected chi connectivity index (χ0v) is 16.3. The van der Waals surface area contributed by atoms with Gasteiger partial charge in [0.15, 0.2) is 0 Å².